The van der Waals surface area contributed by atoms with Gasteiger partial charge in [-0.1, -0.05) is 19.1 Å². The van der Waals surface area contributed by atoms with E-state index in [1.54, 1.807) is 11.3 Å². The van der Waals surface area contributed by atoms with E-state index >= 15 is 0 Å². The van der Waals surface area contributed by atoms with Crippen molar-refractivity contribution in [3.63, 3.8) is 0 Å². The van der Waals surface area contributed by atoms with Crippen molar-refractivity contribution in [1.29, 1.82) is 0 Å². The molecule has 3 aromatic heterocycles. The van der Waals surface area contributed by atoms with Crippen molar-refractivity contribution in [2.45, 2.75) is 38.8 Å². The van der Waals surface area contributed by atoms with Gasteiger partial charge in [0.15, 0.2) is 5.82 Å². The number of carbonyl (C=O) groups is 2. The highest BCUT2D eigenvalue weighted by atomic mass is 32.1. The maximum absolute atomic E-state index is 12.9. The Morgan fingerprint density at radius 1 is 1.09 bits per heavy atom. The van der Waals surface area contributed by atoms with E-state index in [2.05, 4.69) is 54.8 Å². The van der Waals surface area contributed by atoms with Crippen LogP contribution in [0.1, 0.15) is 61.9 Å². The first-order valence-electron chi connectivity index (χ1n) is 11.1. The smallest absolute Gasteiger partial charge is 0.270 e. The number of thiophene rings is 1. The van der Waals surface area contributed by atoms with E-state index in [4.69, 9.17) is 0 Å². The van der Waals surface area contributed by atoms with Gasteiger partial charge in [-0.3, -0.25) is 14.7 Å². The third-order valence-electron chi connectivity index (χ3n) is 5.86. The summed E-state index contributed by atoms with van der Waals surface area (Å²) in [5.74, 6) is 0.0396. The van der Waals surface area contributed by atoms with Crippen LogP contribution in [-0.2, 0) is 19.4 Å². The zero-order valence-corrected chi connectivity index (χ0v) is 19.4. The average molecular weight is 474 g/mol. The van der Waals surface area contributed by atoms with Crippen molar-refractivity contribution in [3.05, 3.63) is 81.3 Å². The largest absolute Gasteiger partial charge is 0.347 e. The van der Waals surface area contributed by atoms with E-state index in [0.29, 0.717) is 12.4 Å². The Labute approximate surface area is 200 Å². The SMILES string of the molecule is CCc1cc(CNC(=O)c2cc(C(=O)N[C@H]3CCc4cc(-c5ncn[nH]5)ccc43)ncn2)cs1. The van der Waals surface area contributed by atoms with E-state index < -0.39 is 0 Å². The number of aromatic nitrogens is 5. The van der Waals surface area contributed by atoms with Crippen LogP contribution in [0.4, 0.5) is 0 Å². The summed E-state index contributed by atoms with van der Waals surface area (Å²) in [6.07, 6.45) is 5.33. The van der Waals surface area contributed by atoms with Crippen LogP contribution in [0.25, 0.3) is 11.4 Å². The lowest BCUT2D eigenvalue weighted by Gasteiger charge is -2.14. The molecule has 0 saturated heterocycles. The molecule has 9 nitrogen and oxygen atoms in total. The van der Waals surface area contributed by atoms with Gasteiger partial charge in [0.05, 0.1) is 6.04 Å². The molecule has 0 fully saturated rings. The number of nitrogens with zero attached hydrogens (tertiary/aromatic N) is 4. The van der Waals surface area contributed by atoms with Crippen LogP contribution in [0.5, 0.6) is 0 Å². The second kappa shape index (κ2) is 9.52. The number of fused-ring (bicyclic) bond motifs is 1. The fourth-order valence-corrected chi connectivity index (χ4v) is 4.91. The number of nitrogens with one attached hydrogen (secondary N) is 3. The molecule has 1 aliphatic carbocycles. The van der Waals surface area contributed by atoms with Gasteiger partial charge >= 0.3 is 0 Å². The summed E-state index contributed by atoms with van der Waals surface area (Å²) in [5, 5.41) is 14.7. The first-order chi connectivity index (χ1) is 16.6. The second-order valence-corrected chi connectivity index (χ2v) is 9.05. The number of rotatable bonds is 7. The second-order valence-electron chi connectivity index (χ2n) is 8.06. The van der Waals surface area contributed by atoms with Gasteiger partial charge in [0.1, 0.15) is 24.0 Å². The number of hydrogen-bond donors (Lipinski definition) is 3. The first kappa shape index (κ1) is 21.9. The molecule has 0 bridgehead atoms. The number of amides is 2. The highest BCUT2D eigenvalue weighted by Crippen LogP contribution is 2.33. The number of benzene rings is 1. The molecule has 1 aromatic carbocycles. The van der Waals surface area contributed by atoms with Crippen LogP contribution in [0.2, 0.25) is 0 Å². The Bertz CT molecular complexity index is 1330. The quantitative estimate of drug-likeness (QED) is 0.378. The summed E-state index contributed by atoms with van der Waals surface area (Å²) >= 11 is 1.68. The summed E-state index contributed by atoms with van der Waals surface area (Å²) in [6, 6.07) is 9.44. The predicted molar refractivity (Wildman–Crippen MR) is 127 cm³/mol. The molecule has 10 heteroatoms. The van der Waals surface area contributed by atoms with Gasteiger partial charge < -0.3 is 10.6 Å². The molecule has 2 amide bonds. The molecule has 4 aromatic rings. The monoisotopic (exact) mass is 473 g/mol. The van der Waals surface area contributed by atoms with E-state index in [-0.39, 0.29) is 29.2 Å². The maximum Gasteiger partial charge on any atom is 0.270 e. The zero-order chi connectivity index (χ0) is 23.5. The Balaban J connectivity index is 1.24. The van der Waals surface area contributed by atoms with Gasteiger partial charge in [-0.2, -0.15) is 5.10 Å². The minimum atomic E-state index is -0.341. The summed E-state index contributed by atoms with van der Waals surface area (Å²) in [5.41, 5.74) is 4.58. The molecule has 1 atom stereocenters. The summed E-state index contributed by atoms with van der Waals surface area (Å²) in [7, 11) is 0. The Morgan fingerprint density at radius 3 is 2.71 bits per heavy atom. The average Bonchev–Trinajstić information content (AvgIpc) is 3.64. The lowest BCUT2D eigenvalue weighted by molar-refractivity contribution is 0.0931. The summed E-state index contributed by atoms with van der Waals surface area (Å²) < 4.78 is 0. The first-order valence-corrected chi connectivity index (χ1v) is 11.9. The van der Waals surface area contributed by atoms with Crippen LogP contribution in [0.3, 0.4) is 0 Å². The van der Waals surface area contributed by atoms with Gasteiger partial charge in [0, 0.05) is 23.1 Å². The van der Waals surface area contributed by atoms with E-state index in [0.717, 1.165) is 36.0 Å². The van der Waals surface area contributed by atoms with E-state index in [1.807, 2.05) is 17.5 Å². The van der Waals surface area contributed by atoms with Crippen LogP contribution in [0, 0.1) is 0 Å². The van der Waals surface area contributed by atoms with E-state index in [1.165, 1.54) is 29.2 Å². The standard InChI is InChI=1S/C24H23N7O2S/c1-2-17-7-14(11-34-17)10-25-23(32)20-9-21(27-12-26-20)24(33)30-19-6-4-15-8-16(3-5-18(15)19)22-28-13-29-31-22/h3,5,7-9,11-13,19H,2,4,6,10H2,1H3,(H,25,32)(H,30,33)(H,28,29,31)/t19-/m0/s1. The molecule has 3 heterocycles. The zero-order valence-electron chi connectivity index (χ0n) is 18.5. The van der Waals surface area contributed by atoms with Crippen molar-refractivity contribution in [2.24, 2.45) is 0 Å². The van der Waals surface area contributed by atoms with Crippen LogP contribution in [0.15, 0.2) is 48.4 Å². The number of carbonyl (C=O) groups excluding carboxylic acids is 2. The molecule has 1 aliphatic rings. The molecule has 0 radical (unpaired) electrons. The van der Waals surface area contributed by atoms with Gasteiger partial charge in [-0.15, -0.1) is 11.3 Å². The van der Waals surface area contributed by atoms with Gasteiger partial charge in [0.25, 0.3) is 11.8 Å². The minimum absolute atomic E-state index is 0.120. The van der Waals surface area contributed by atoms with Crippen molar-refractivity contribution in [2.75, 3.05) is 0 Å². The number of H-pyrrole nitrogens is 1. The molecule has 0 aliphatic heterocycles. The maximum atomic E-state index is 12.9. The highest BCUT2D eigenvalue weighted by Gasteiger charge is 2.26. The molecule has 5 rings (SSSR count). The predicted octanol–water partition coefficient (Wildman–Crippen LogP) is 3.23. The number of aryl methyl sites for hydroxylation is 2. The summed E-state index contributed by atoms with van der Waals surface area (Å²) in [4.78, 5) is 39.1. The molecule has 0 unspecified atom stereocenters. The van der Waals surface area contributed by atoms with Gasteiger partial charge in [0.2, 0.25) is 0 Å². The Kier molecular flexibility index (Phi) is 6.13. The normalized spacial score (nSPS) is 14.6. The molecular weight excluding hydrogens is 450 g/mol. The third-order valence-corrected chi connectivity index (χ3v) is 6.99. The fraction of sp³-hybridized carbons (Fsp3) is 0.250. The molecule has 34 heavy (non-hydrogen) atoms. The number of aromatic amines is 1. The molecular formula is C24H23N7O2S. The summed E-state index contributed by atoms with van der Waals surface area (Å²) in [6.45, 7) is 2.51. The van der Waals surface area contributed by atoms with Gasteiger partial charge in [-0.25, -0.2) is 15.0 Å². The Hall–Kier alpha value is -3.92. The van der Waals surface area contributed by atoms with Crippen LogP contribution in [-0.4, -0.2) is 37.0 Å². The third kappa shape index (κ3) is 4.58. The van der Waals surface area contributed by atoms with Crippen molar-refractivity contribution in [1.82, 2.24) is 35.8 Å². The molecule has 3 N–H and O–H groups in total. The molecule has 0 saturated carbocycles. The van der Waals surface area contributed by atoms with E-state index in [9.17, 15) is 9.59 Å². The highest BCUT2D eigenvalue weighted by molar-refractivity contribution is 7.10. The van der Waals surface area contributed by atoms with Crippen molar-refractivity contribution < 1.29 is 9.59 Å². The van der Waals surface area contributed by atoms with Crippen molar-refractivity contribution >= 4 is 23.2 Å². The van der Waals surface area contributed by atoms with Crippen molar-refractivity contribution in [3.8, 4) is 11.4 Å². The van der Waals surface area contributed by atoms with Crippen LogP contribution >= 0.6 is 11.3 Å². The van der Waals surface area contributed by atoms with Gasteiger partial charge in [-0.05, 0) is 53.5 Å². The fourth-order valence-electron chi connectivity index (χ4n) is 4.07. The molecule has 172 valence electrons. The Morgan fingerprint density at radius 2 is 1.94 bits per heavy atom. The lowest BCUT2D eigenvalue weighted by Crippen LogP contribution is -2.29. The van der Waals surface area contributed by atoms with Crippen LogP contribution < -0.4 is 10.6 Å². The number of hydrogen-bond acceptors (Lipinski definition) is 7. The molecule has 0 spiro atoms. The minimum Gasteiger partial charge on any atom is -0.347 e. The topological polar surface area (TPSA) is 126 Å². The lowest BCUT2D eigenvalue weighted by atomic mass is 10.0.